The summed E-state index contributed by atoms with van der Waals surface area (Å²) in [5.41, 5.74) is 4.01. The van der Waals surface area contributed by atoms with E-state index >= 15 is 0 Å². The molecule has 1 aromatic heterocycles. The standard InChI is InChI=1S/C15H16N4O3/c1-9(2)12-7-13(20)18-15(17-12)19-16-8-10-3-5-11(6-4-10)14(21)22/h3-9H,1-2H3,(H,21,22)(H2,17,18,19,20)/b16-8-. The molecule has 0 unspecified atom stereocenters. The van der Waals surface area contributed by atoms with Crippen LogP contribution in [0, 0.1) is 0 Å². The zero-order chi connectivity index (χ0) is 16.1. The third kappa shape index (κ3) is 4.02. The van der Waals surface area contributed by atoms with Crippen LogP contribution in [0.25, 0.3) is 0 Å². The van der Waals surface area contributed by atoms with Crippen LogP contribution < -0.4 is 11.0 Å². The van der Waals surface area contributed by atoms with E-state index in [-0.39, 0.29) is 23.0 Å². The highest BCUT2D eigenvalue weighted by Gasteiger charge is 2.04. The van der Waals surface area contributed by atoms with Crippen LogP contribution in [0.4, 0.5) is 5.95 Å². The van der Waals surface area contributed by atoms with Crippen molar-refractivity contribution in [2.45, 2.75) is 19.8 Å². The van der Waals surface area contributed by atoms with E-state index in [0.717, 1.165) is 5.56 Å². The maximum Gasteiger partial charge on any atom is 0.335 e. The van der Waals surface area contributed by atoms with Crippen molar-refractivity contribution in [3.63, 3.8) is 0 Å². The van der Waals surface area contributed by atoms with Crippen LogP contribution in [-0.4, -0.2) is 27.3 Å². The summed E-state index contributed by atoms with van der Waals surface area (Å²) in [5, 5.41) is 12.8. The average Bonchev–Trinajstić information content (AvgIpc) is 2.47. The van der Waals surface area contributed by atoms with Crippen molar-refractivity contribution in [3.05, 3.63) is 57.5 Å². The molecule has 0 aliphatic carbocycles. The van der Waals surface area contributed by atoms with E-state index in [9.17, 15) is 9.59 Å². The fourth-order valence-corrected chi connectivity index (χ4v) is 1.70. The summed E-state index contributed by atoms with van der Waals surface area (Å²) in [6.07, 6.45) is 1.51. The van der Waals surface area contributed by atoms with Gasteiger partial charge in [0.2, 0.25) is 5.95 Å². The topological polar surface area (TPSA) is 107 Å². The first-order valence-corrected chi connectivity index (χ1v) is 6.69. The molecular weight excluding hydrogens is 284 g/mol. The Hall–Kier alpha value is -2.96. The van der Waals surface area contributed by atoms with Gasteiger partial charge >= 0.3 is 5.97 Å². The van der Waals surface area contributed by atoms with E-state index < -0.39 is 5.97 Å². The van der Waals surface area contributed by atoms with Crippen LogP contribution in [-0.2, 0) is 0 Å². The summed E-state index contributed by atoms with van der Waals surface area (Å²) in [7, 11) is 0. The highest BCUT2D eigenvalue weighted by molar-refractivity contribution is 5.89. The number of aromatic amines is 1. The lowest BCUT2D eigenvalue weighted by Crippen LogP contribution is -2.12. The Balaban J connectivity index is 2.09. The summed E-state index contributed by atoms with van der Waals surface area (Å²) >= 11 is 0. The molecule has 0 saturated heterocycles. The van der Waals surface area contributed by atoms with Gasteiger partial charge in [-0.25, -0.2) is 15.2 Å². The monoisotopic (exact) mass is 300 g/mol. The molecule has 0 radical (unpaired) electrons. The first-order valence-electron chi connectivity index (χ1n) is 6.69. The minimum absolute atomic E-state index is 0.135. The van der Waals surface area contributed by atoms with Gasteiger partial charge in [0.15, 0.2) is 0 Å². The number of nitrogens with zero attached hydrogens (tertiary/aromatic N) is 2. The maximum absolute atomic E-state index is 11.5. The minimum Gasteiger partial charge on any atom is -0.478 e. The van der Waals surface area contributed by atoms with Gasteiger partial charge in [-0.2, -0.15) is 5.10 Å². The number of carboxylic acid groups (broad SMARTS) is 1. The number of anilines is 1. The number of aromatic carboxylic acids is 1. The first-order chi connectivity index (χ1) is 10.5. The van der Waals surface area contributed by atoms with Gasteiger partial charge in [-0.15, -0.1) is 0 Å². The molecular formula is C15H16N4O3. The zero-order valence-corrected chi connectivity index (χ0v) is 12.2. The molecule has 7 heteroatoms. The Labute approximate surface area is 126 Å². The van der Waals surface area contributed by atoms with E-state index in [1.165, 1.54) is 24.4 Å². The number of H-pyrrole nitrogens is 1. The minimum atomic E-state index is -0.978. The molecule has 0 saturated carbocycles. The van der Waals surface area contributed by atoms with Gasteiger partial charge in [-0.3, -0.25) is 9.78 Å². The van der Waals surface area contributed by atoms with Gasteiger partial charge in [0.25, 0.3) is 5.56 Å². The summed E-state index contributed by atoms with van der Waals surface area (Å²) in [5.74, 6) is -0.584. The van der Waals surface area contributed by atoms with Crippen molar-refractivity contribution in [1.29, 1.82) is 0 Å². The van der Waals surface area contributed by atoms with Crippen LogP contribution in [0.15, 0.2) is 40.2 Å². The Morgan fingerprint density at radius 3 is 2.64 bits per heavy atom. The summed E-state index contributed by atoms with van der Waals surface area (Å²) in [6.45, 7) is 3.89. The maximum atomic E-state index is 11.5. The second kappa shape index (κ2) is 6.66. The van der Waals surface area contributed by atoms with Crippen LogP contribution >= 0.6 is 0 Å². The molecule has 0 aliphatic heterocycles. The van der Waals surface area contributed by atoms with Gasteiger partial charge in [-0.05, 0) is 23.6 Å². The largest absolute Gasteiger partial charge is 0.478 e. The third-order valence-electron chi connectivity index (χ3n) is 2.89. The normalized spacial score (nSPS) is 11.0. The van der Waals surface area contributed by atoms with Gasteiger partial charge in [-0.1, -0.05) is 26.0 Å². The van der Waals surface area contributed by atoms with E-state index in [0.29, 0.717) is 5.69 Å². The first kappa shape index (κ1) is 15.4. The molecule has 0 fully saturated rings. The molecule has 22 heavy (non-hydrogen) atoms. The highest BCUT2D eigenvalue weighted by atomic mass is 16.4. The van der Waals surface area contributed by atoms with Gasteiger partial charge in [0.05, 0.1) is 17.5 Å². The molecule has 1 aromatic carbocycles. The van der Waals surface area contributed by atoms with Gasteiger partial charge in [0, 0.05) is 6.07 Å². The molecule has 0 atom stereocenters. The van der Waals surface area contributed by atoms with Crippen molar-refractivity contribution in [2.24, 2.45) is 5.10 Å². The molecule has 0 spiro atoms. The lowest BCUT2D eigenvalue weighted by Gasteiger charge is -2.05. The highest BCUT2D eigenvalue weighted by Crippen LogP contribution is 2.10. The summed E-state index contributed by atoms with van der Waals surface area (Å²) in [4.78, 5) is 29.0. The van der Waals surface area contributed by atoms with Gasteiger partial charge in [0.1, 0.15) is 0 Å². The van der Waals surface area contributed by atoms with E-state index in [4.69, 9.17) is 5.11 Å². The van der Waals surface area contributed by atoms with Crippen molar-refractivity contribution in [3.8, 4) is 0 Å². The molecule has 7 nitrogen and oxygen atoms in total. The predicted octanol–water partition coefficient (Wildman–Crippen LogP) is 2.04. The molecule has 2 aromatic rings. The van der Waals surface area contributed by atoms with E-state index in [1.807, 2.05) is 13.8 Å². The lowest BCUT2D eigenvalue weighted by atomic mass is 10.1. The molecule has 0 bridgehead atoms. The number of carbonyl (C=O) groups is 1. The van der Waals surface area contributed by atoms with Crippen LogP contribution in [0.1, 0.15) is 41.4 Å². The second-order valence-electron chi connectivity index (χ2n) is 4.97. The Morgan fingerprint density at radius 1 is 1.36 bits per heavy atom. The van der Waals surface area contributed by atoms with E-state index in [1.54, 1.807) is 12.1 Å². The molecule has 3 N–H and O–H groups in total. The number of aromatic nitrogens is 2. The molecule has 0 amide bonds. The predicted molar refractivity (Wildman–Crippen MR) is 83.6 cm³/mol. The van der Waals surface area contributed by atoms with Crippen molar-refractivity contribution in [1.82, 2.24) is 9.97 Å². The van der Waals surface area contributed by atoms with Crippen molar-refractivity contribution >= 4 is 18.1 Å². The second-order valence-corrected chi connectivity index (χ2v) is 4.97. The third-order valence-corrected chi connectivity index (χ3v) is 2.89. The van der Waals surface area contributed by atoms with Crippen LogP contribution in [0.5, 0.6) is 0 Å². The molecule has 114 valence electrons. The van der Waals surface area contributed by atoms with Gasteiger partial charge < -0.3 is 5.11 Å². The fraction of sp³-hybridized carbons (Fsp3) is 0.200. The number of nitrogens with one attached hydrogen (secondary N) is 2. The van der Waals surface area contributed by atoms with Crippen LogP contribution in [0.2, 0.25) is 0 Å². The number of rotatable bonds is 5. The SMILES string of the molecule is CC(C)c1cc(=O)[nH]c(N/N=C\c2ccc(C(=O)O)cc2)n1. The Morgan fingerprint density at radius 2 is 2.05 bits per heavy atom. The average molecular weight is 300 g/mol. The number of hydrogen-bond donors (Lipinski definition) is 3. The Kier molecular flexibility index (Phi) is 4.67. The van der Waals surface area contributed by atoms with E-state index in [2.05, 4.69) is 20.5 Å². The quantitative estimate of drug-likeness (QED) is 0.578. The Bertz CT molecular complexity index is 748. The smallest absolute Gasteiger partial charge is 0.335 e. The fourth-order valence-electron chi connectivity index (χ4n) is 1.70. The molecule has 2 rings (SSSR count). The zero-order valence-electron chi connectivity index (χ0n) is 12.2. The summed E-state index contributed by atoms with van der Waals surface area (Å²) < 4.78 is 0. The number of hydrogen-bond acceptors (Lipinski definition) is 5. The summed E-state index contributed by atoms with van der Waals surface area (Å²) in [6, 6.07) is 7.70. The molecule has 1 heterocycles. The van der Waals surface area contributed by atoms with Crippen molar-refractivity contribution < 1.29 is 9.90 Å². The van der Waals surface area contributed by atoms with Crippen molar-refractivity contribution in [2.75, 3.05) is 5.43 Å². The molecule has 0 aliphatic rings. The van der Waals surface area contributed by atoms with Crippen LogP contribution in [0.3, 0.4) is 0 Å². The number of carboxylic acids is 1. The number of benzene rings is 1. The number of hydrazone groups is 1. The lowest BCUT2D eigenvalue weighted by molar-refractivity contribution is 0.0697.